The largest absolute Gasteiger partial charge is 0.324 e. The van der Waals surface area contributed by atoms with Crippen molar-refractivity contribution in [1.29, 1.82) is 0 Å². The van der Waals surface area contributed by atoms with Crippen molar-refractivity contribution in [1.82, 2.24) is 0 Å². The molecular weight excluding hydrogens is 304 g/mol. The summed E-state index contributed by atoms with van der Waals surface area (Å²) in [7, 11) is 0. The van der Waals surface area contributed by atoms with Gasteiger partial charge in [-0.25, -0.2) is 0 Å². The molecule has 0 bridgehead atoms. The van der Waals surface area contributed by atoms with Gasteiger partial charge in [0.2, 0.25) is 5.91 Å². The van der Waals surface area contributed by atoms with Crippen LogP contribution in [0.15, 0.2) is 22.7 Å². The van der Waals surface area contributed by atoms with Gasteiger partial charge in [0.05, 0.1) is 11.7 Å². The van der Waals surface area contributed by atoms with Crippen LogP contribution in [-0.4, -0.2) is 11.9 Å². The zero-order chi connectivity index (χ0) is 12.8. The summed E-state index contributed by atoms with van der Waals surface area (Å²) in [5.74, 6) is -0.179. The molecule has 0 aliphatic heterocycles. The first-order valence-electron chi connectivity index (χ1n) is 5.56. The molecule has 0 heterocycles. The molecule has 0 saturated carbocycles. The van der Waals surface area contributed by atoms with Crippen LogP contribution in [-0.2, 0) is 4.79 Å². The Morgan fingerprint density at radius 3 is 2.94 bits per heavy atom. The van der Waals surface area contributed by atoms with Crippen LogP contribution in [0.4, 0.5) is 5.69 Å². The highest BCUT2D eigenvalue weighted by Gasteiger charge is 2.14. The number of amides is 1. The lowest BCUT2D eigenvalue weighted by Crippen LogP contribution is -2.35. The number of anilines is 1. The van der Waals surface area contributed by atoms with E-state index >= 15 is 0 Å². The van der Waals surface area contributed by atoms with E-state index in [0.717, 1.165) is 17.3 Å². The fraction of sp³-hybridized carbons (Fsp3) is 0.417. The third kappa shape index (κ3) is 4.66. The predicted octanol–water partition coefficient (Wildman–Crippen LogP) is 3.56. The summed E-state index contributed by atoms with van der Waals surface area (Å²) >= 11 is 9.21. The Bertz CT molecular complexity index is 398. The van der Waals surface area contributed by atoms with Crippen molar-refractivity contribution in [3.8, 4) is 0 Å². The standard InChI is InChI=1S/C12H16BrClN2O/c1-2-3-4-10(15)12(17)16-11-7-8(14)5-6-9(11)13/h5-7,10H,2-4,15H2,1H3,(H,16,17)/t10-/m0/s1. The van der Waals surface area contributed by atoms with Gasteiger partial charge in [0.15, 0.2) is 0 Å². The van der Waals surface area contributed by atoms with Crippen LogP contribution >= 0.6 is 27.5 Å². The maximum absolute atomic E-state index is 11.8. The lowest BCUT2D eigenvalue weighted by atomic mass is 10.1. The smallest absolute Gasteiger partial charge is 0.241 e. The molecule has 0 fully saturated rings. The number of nitrogens with one attached hydrogen (secondary N) is 1. The summed E-state index contributed by atoms with van der Waals surface area (Å²) in [6.07, 6.45) is 2.67. The molecule has 0 aromatic heterocycles. The number of unbranched alkanes of at least 4 members (excludes halogenated alkanes) is 1. The van der Waals surface area contributed by atoms with E-state index in [2.05, 4.69) is 28.2 Å². The SMILES string of the molecule is CCCC[C@H](N)C(=O)Nc1cc(Cl)ccc1Br. The molecule has 0 saturated heterocycles. The van der Waals surface area contributed by atoms with Crippen LogP contribution in [0.2, 0.25) is 5.02 Å². The van der Waals surface area contributed by atoms with E-state index in [4.69, 9.17) is 17.3 Å². The first-order chi connectivity index (χ1) is 8.04. The van der Waals surface area contributed by atoms with E-state index in [9.17, 15) is 4.79 Å². The van der Waals surface area contributed by atoms with E-state index in [0.29, 0.717) is 17.1 Å². The quantitative estimate of drug-likeness (QED) is 0.872. The summed E-state index contributed by atoms with van der Waals surface area (Å²) in [6.45, 7) is 2.07. The van der Waals surface area contributed by atoms with Crippen molar-refractivity contribution in [3.05, 3.63) is 27.7 Å². The molecule has 5 heteroatoms. The second-order valence-corrected chi connectivity index (χ2v) is 5.15. The van der Waals surface area contributed by atoms with Gasteiger partial charge in [-0.3, -0.25) is 4.79 Å². The zero-order valence-corrected chi connectivity index (χ0v) is 12.0. The highest BCUT2D eigenvalue weighted by Crippen LogP contribution is 2.26. The summed E-state index contributed by atoms with van der Waals surface area (Å²) in [5.41, 5.74) is 6.43. The third-order valence-electron chi connectivity index (χ3n) is 2.39. The Labute approximate surface area is 115 Å². The van der Waals surface area contributed by atoms with E-state index in [-0.39, 0.29) is 5.91 Å². The minimum Gasteiger partial charge on any atom is -0.324 e. The Morgan fingerprint density at radius 2 is 2.29 bits per heavy atom. The van der Waals surface area contributed by atoms with E-state index in [1.54, 1.807) is 18.2 Å². The van der Waals surface area contributed by atoms with Gasteiger partial charge in [-0.15, -0.1) is 0 Å². The maximum Gasteiger partial charge on any atom is 0.241 e. The molecule has 1 aromatic rings. The Hall–Kier alpha value is -0.580. The van der Waals surface area contributed by atoms with Crippen molar-refractivity contribution in [2.45, 2.75) is 32.2 Å². The van der Waals surface area contributed by atoms with E-state index in [1.807, 2.05) is 0 Å². The first kappa shape index (κ1) is 14.5. The molecule has 0 aliphatic carbocycles. The number of hydrogen-bond donors (Lipinski definition) is 2. The van der Waals surface area contributed by atoms with Crippen LogP contribution < -0.4 is 11.1 Å². The summed E-state index contributed by atoms with van der Waals surface area (Å²) < 4.78 is 0.790. The molecule has 0 aliphatic rings. The molecule has 1 aromatic carbocycles. The van der Waals surface area contributed by atoms with Gasteiger partial charge in [0.1, 0.15) is 0 Å². The van der Waals surface area contributed by atoms with Gasteiger partial charge in [-0.05, 0) is 40.5 Å². The molecular formula is C12H16BrClN2O. The highest BCUT2D eigenvalue weighted by molar-refractivity contribution is 9.10. The number of nitrogens with two attached hydrogens (primary N) is 1. The number of benzene rings is 1. The van der Waals surface area contributed by atoms with Crippen LogP contribution in [0.1, 0.15) is 26.2 Å². The van der Waals surface area contributed by atoms with Crippen molar-refractivity contribution in [2.75, 3.05) is 5.32 Å². The van der Waals surface area contributed by atoms with Gasteiger partial charge in [-0.2, -0.15) is 0 Å². The molecule has 94 valence electrons. The van der Waals surface area contributed by atoms with Crippen LogP contribution in [0.5, 0.6) is 0 Å². The molecule has 0 radical (unpaired) electrons. The van der Waals surface area contributed by atoms with Gasteiger partial charge >= 0.3 is 0 Å². The molecule has 1 rings (SSSR count). The van der Waals surface area contributed by atoms with Crippen LogP contribution in [0, 0.1) is 0 Å². The molecule has 0 spiro atoms. The number of carbonyl (C=O) groups excluding carboxylic acids is 1. The number of carbonyl (C=O) groups is 1. The van der Waals surface area contributed by atoms with Gasteiger partial charge in [-0.1, -0.05) is 31.4 Å². The summed E-state index contributed by atoms with van der Waals surface area (Å²) in [6, 6.07) is 4.75. The molecule has 17 heavy (non-hydrogen) atoms. The Kier molecular flexibility index (Phi) is 5.95. The van der Waals surface area contributed by atoms with Gasteiger partial charge in [0, 0.05) is 9.50 Å². The minimum absolute atomic E-state index is 0.179. The minimum atomic E-state index is -0.471. The Balaban J connectivity index is 2.64. The molecule has 0 unspecified atom stereocenters. The average molecular weight is 320 g/mol. The van der Waals surface area contributed by atoms with E-state index in [1.165, 1.54) is 0 Å². The fourth-order valence-corrected chi connectivity index (χ4v) is 1.89. The van der Waals surface area contributed by atoms with Crippen molar-refractivity contribution in [2.24, 2.45) is 5.73 Å². The summed E-state index contributed by atoms with van der Waals surface area (Å²) in [5, 5.41) is 3.34. The molecule has 1 atom stereocenters. The topological polar surface area (TPSA) is 55.1 Å². The number of halogens is 2. The molecule has 1 amide bonds. The molecule has 3 nitrogen and oxygen atoms in total. The predicted molar refractivity (Wildman–Crippen MR) is 75.3 cm³/mol. The number of rotatable bonds is 5. The third-order valence-corrected chi connectivity index (χ3v) is 3.32. The summed E-state index contributed by atoms with van der Waals surface area (Å²) in [4.78, 5) is 11.8. The second kappa shape index (κ2) is 6.99. The fourth-order valence-electron chi connectivity index (χ4n) is 1.37. The van der Waals surface area contributed by atoms with E-state index < -0.39 is 6.04 Å². The lowest BCUT2D eigenvalue weighted by Gasteiger charge is -2.13. The van der Waals surface area contributed by atoms with Crippen molar-refractivity contribution >= 4 is 39.1 Å². The first-order valence-corrected chi connectivity index (χ1v) is 6.73. The molecule has 3 N–H and O–H groups in total. The monoisotopic (exact) mass is 318 g/mol. The zero-order valence-electron chi connectivity index (χ0n) is 9.67. The second-order valence-electron chi connectivity index (χ2n) is 3.86. The van der Waals surface area contributed by atoms with Crippen LogP contribution in [0.25, 0.3) is 0 Å². The van der Waals surface area contributed by atoms with Gasteiger partial charge in [0.25, 0.3) is 0 Å². The van der Waals surface area contributed by atoms with Crippen molar-refractivity contribution < 1.29 is 4.79 Å². The average Bonchev–Trinajstić information content (AvgIpc) is 2.30. The number of hydrogen-bond acceptors (Lipinski definition) is 2. The van der Waals surface area contributed by atoms with Gasteiger partial charge < -0.3 is 11.1 Å². The van der Waals surface area contributed by atoms with Crippen molar-refractivity contribution in [3.63, 3.8) is 0 Å². The van der Waals surface area contributed by atoms with Crippen LogP contribution in [0.3, 0.4) is 0 Å². The Morgan fingerprint density at radius 1 is 1.59 bits per heavy atom. The normalized spacial score (nSPS) is 12.2. The maximum atomic E-state index is 11.8. The highest BCUT2D eigenvalue weighted by atomic mass is 79.9. The lowest BCUT2D eigenvalue weighted by molar-refractivity contribution is -0.117.